The monoisotopic (exact) mass is 946 g/mol. The Morgan fingerprint density at radius 2 is 1.23 bits per heavy atom. The lowest BCUT2D eigenvalue weighted by atomic mass is 9.83. The van der Waals surface area contributed by atoms with E-state index in [9.17, 15) is 70.2 Å². The number of carboxylic acid groups (broad SMARTS) is 1. The predicted octanol–water partition coefficient (Wildman–Crippen LogP) is -2.38. The summed E-state index contributed by atoms with van der Waals surface area (Å²) in [6, 6.07) is 0. The first-order valence-corrected chi connectivity index (χ1v) is 21.6. The molecule has 23 heteroatoms. The molecule has 4 aliphatic heterocycles. The Morgan fingerprint density at radius 3 is 1.68 bits per heavy atom. The summed E-state index contributed by atoms with van der Waals surface area (Å²) in [5.41, 5.74) is -0.0738. The summed E-state index contributed by atoms with van der Waals surface area (Å²) in [6.45, 7) is 4.74. The molecule has 1 aliphatic carbocycles. The van der Waals surface area contributed by atoms with Gasteiger partial charge in [-0.1, -0.05) is 26.0 Å². The predicted molar refractivity (Wildman–Crippen MR) is 217 cm³/mol. The summed E-state index contributed by atoms with van der Waals surface area (Å²) >= 11 is 0. The molecule has 5 aliphatic rings. The zero-order valence-corrected chi connectivity index (χ0v) is 37.0. The van der Waals surface area contributed by atoms with Gasteiger partial charge in [-0.05, 0) is 38.0 Å². The van der Waals surface area contributed by atoms with Crippen LogP contribution >= 0.6 is 0 Å². The molecule has 1 saturated carbocycles. The van der Waals surface area contributed by atoms with Crippen LogP contribution in [0.4, 0.5) is 0 Å². The number of methoxy groups -OCH3 is 1. The molecule has 0 amide bonds. The van der Waals surface area contributed by atoms with Crippen molar-refractivity contribution in [2.75, 3.05) is 33.5 Å². The molecule has 2 saturated heterocycles. The van der Waals surface area contributed by atoms with Gasteiger partial charge in [-0.25, -0.2) is 9.59 Å². The quantitative estimate of drug-likeness (QED) is 0.0413. The molecule has 372 valence electrons. The van der Waals surface area contributed by atoms with Gasteiger partial charge in [-0.3, -0.25) is 9.59 Å². The second-order valence-electron chi connectivity index (χ2n) is 16.9. The Kier molecular flexibility index (Phi) is 18.7. The SMILES string of the molecule is C/C=C1\[C@H](O[C@@H]2O[C@H](CO)[C@@H](O)[C@H](O)[C@H]2O)OC=C(C(=O)O)[C@H]1CC(=O)O[C@H]1C[C@@H]([C@@H](C)CO)[C@H](COC(=O)C[C@@H]2C(C(=O)OC)=CO[C@@H](O[C@@H]3O[C@H](CO)[C@@H](O)[C@H](O)[C@H]3O)/C2=C\C)[C@H]1C. The van der Waals surface area contributed by atoms with Crippen molar-refractivity contribution in [3.8, 4) is 0 Å². The molecular weight excluding hydrogens is 884 g/mol. The lowest BCUT2D eigenvalue weighted by molar-refractivity contribution is -0.327. The number of hydrogen-bond donors (Lipinski definition) is 10. The summed E-state index contributed by atoms with van der Waals surface area (Å²) in [5, 5.41) is 101. The van der Waals surface area contributed by atoms with Crippen LogP contribution in [0, 0.1) is 35.5 Å². The molecule has 0 aromatic heterocycles. The number of aliphatic carboxylic acids is 1. The van der Waals surface area contributed by atoms with E-state index in [1.165, 1.54) is 19.1 Å². The van der Waals surface area contributed by atoms with E-state index in [4.69, 9.17) is 42.6 Å². The third-order valence-corrected chi connectivity index (χ3v) is 13.1. The van der Waals surface area contributed by atoms with Crippen LogP contribution in [0.2, 0.25) is 0 Å². The van der Waals surface area contributed by atoms with Crippen LogP contribution in [0.5, 0.6) is 0 Å². The van der Waals surface area contributed by atoms with Crippen LogP contribution in [0.1, 0.15) is 47.0 Å². The van der Waals surface area contributed by atoms with Gasteiger partial charge in [0.1, 0.15) is 54.9 Å². The fraction of sp³-hybridized carbons (Fsp3) is 0.721. The Hall–Kier alpha value is -4.08. The average Bonchev–Trinajstić information content (AvgIpc) is 3.61. The minimum Gasteiger partial charge on any atom is -0.478 e. The van der Waals surface area contributed by atoms with Crippen molar-refractivity contribution in [3.63, 3.8) is 0 Å². The standard InChI is InChI=1S/C43H62O23/c1-6-19-22(25(38(55)56)15-60-40(19)65-42-36(53)34(51)32(49)28(12-45)63-42)10-31(48)62-27-8-21(17(3)11-44)24(18(27)4)14-59-30(47)9-23-20(7-2)41(61-16-26(23)39(57)58-5)66-43-37(54)35(52)33(50)29(13-46)64-43/h6-7,15-18,21-24,27-29,32-37,40-46,49-54H,8-14H2,1-5H3,(H,55,56)/b19-6-,20-7-/t17-,18+,21-,22-,23-,24+,27-,28+,29+,32+,33+,34-,35-,36+,37+,40-,41-,42-,43-/m0/s1. The van der Waals surface area contributed by atoms with E-state index in [0.29, 0.717) is 0 Å². The van der Waals surface area contributed by atoms with E-state index < -0.39 is 154 Å². The van der Waals surface area contributed by atoms with Gasteiger partial charge in [0, 0.05) is 35.5 Å². The first-order valence-electron chi connectivity index (χ1n) is 21.6. The van der Waals surface area contributed by atoms with Crippen molar-refractivity contribution in [1.29, 1.82) is 0 Å². The summed E-state index contributed by atoms with van der Waals surface area (Å²) in [4.78, 5) is 52.6. The zero-order chi connectivity index (χ0) is 48.7. The van der Waals surface area contributed by atoms with Crippen LogP contribution in [0.15, 0.2) is 47.0 Å². The second kappa shape index (κ2) is 23.3. The minimum absolute atomic E-state index is 0.0811. The highest BCUT2D eigenvalue weighted by molar-refractivity contribution is 5.91. The van der Waals surface area contributed by atoms with Crippen molar-refractivity contribution in [1.82, 2.24) is 0 Å². The van der Waals surface area contributed by atoms with Gasteiger partial charge >= 0.3 is 23.9 Å². The number of aliphatic hydroxyl groups is 9. The molecule has 0 radical (unpaired) electrons. The fourth-order valence-electron chi connectivity index (χ4n) is 9.08. The van der Waals surface area contributed by atoms with E-state index in [1.807, 2.05) is 0 Å². The van der Waals surface area contributed by atoms with Crippen molar-refractivity contribution < 1.29 is 113 Å². The molecule has 4 heterocycles. The van der Waals surface area contributed by atoms with Crippen LogP contribution in [0.25, 0.3) is 0 Å². The number of esters is 3. The van der Waals surface area contributed by atoms with E-state index in [-0.39, 0.29) is 53.8 Å². The van der Waals surface area contributed by atoms with Crippen molar-refractivity contribution in [2.24, 2.45) is 35.5 Å². The fourth-order valence-corrected chi connectivity index (χ4v) is 9.08. The average molecular weight is 947 g/mol. The first kappa shape index (κ1) is 52.9. The Labute approximate surface area is 379 Å². The topological polar surface area (TPSA) is 354 Å². The first-order chi connectivity index (χ1) is 31.3. The van der Waals surface area contributed by atoms with E-state index in [0.717, 1.165) is 19.6 Å². The maximum Gasteiger partial charge on any atom is 0.337 e. The summed E-state index contributed by atoms with van der Waals surface area (Å²) in [6.07, 6.45) is -15.8. The molecule has 10 N–H and O–H groups in total. The third kappa shape index (κ3) is 11.4. The summed E-state index contributed by atoms with van der Waals surface area (Å²) < 4.78 is 50.3. The molecule has 0 bridgehead atoms. The molecule has 5 rings (SSSR count). The maximum absolute atomic E-state index is 13.7. The smallest absolute Gasteiger partial charge is 0.337 e. The zero-order valence-electron chi connectivity index (χ0n) is 37.0. The lowest BCUT2D eigenvalue weighted by Gasteiger charge is -2.41. The van der Waals surface area contributed by atoms with Gasteiger partial charge in [-0.15, -0.1) is 0 Å². The van der Waals surface area contributed by atoms with Crippen LogP contribution in [-0.4, -0.2) is 189 Å². The second-order valence-corrected chi connectivity index (χ2v) is 16.9. The van der Waals surface area contributed by atoms with Crippen molar-refractivity contribution in [2.45, 2.75) is 127 Å². The molecule has 23 nitrogen and oxygen atoms in total. The Morgan fingerprint density at radius 1 is 0.742 bits per heavy atom. The summed E-state index contributed by atoms with van der Waals surface area (Å²) in [7, 11) is 1.13. The largest absolute Gasteiger partial charge is 0.478 e. The molecular formula is C43H62O23. The van der Waals surface area contributed by atoms with E-state index in [2.05, 4.69) is 0 Å². The third-order valence-electron chi connectivity index (χ3n) is 13.1. The molecule has 0 unspecified atom stereocenters. The van der Waals surface area contributed by atoms with Gasteiger partial charge in [0.15, 0.2) is 12.6 Å². The van der Waals surface area contributed by atoms with Gasteiger partial charge in [0.25, 0.3) is 0 Å². The number of allylic oxidation sites excluding steroid dienone is 2. The molecule has 0 spiro atoms. The Bertz CT molecular complexity index is 1830. The molecule has 0 aromatic carbocycles. The molecule has 66 heavy (non-hydrogen) atoms. The molecule has 0 aromatic rings. The van der Waals surface area contributed by atoms with Crippen LogP contribution in [0.3, 0.4) is 0 Å². The Balaban J connectivity index is 1.26. The molecule has 19 atom stereocenters. The van der Waals surface area contributed by atoms with Crippen molar-refractivity contribution in [3.05, 3.63) is 47.0 Å². The van der Waals surface area contributed by atoms with Crippen LogP contribution in [-0.2, 0) is 61.8 Å². The lowest BCUT2D eigenvalue weighted by Crippen LogP contribution is -2.60. The number of hydrogen-bond acceptors (Lipinski definition) is 22. The highest BCUT2D eigenvalue weighted by atomic mass is 16.8. The van der Waals surface area contributed by atoms with Crippen molar-refractivity contribution >= 4 is 23.9 Å². The number of carbonyl (C=O) groups excluding carboxylic acids is 3. The number of ether oxygens (including phenoxy) is 9. The van der Waals surface area contributed by atoms with Gasteiger partial charge < -0.3 is 93.7 Å². The van der Waals surface area contributed by atoms with E-state index in [1.54, 1.807) is 20.8 Å². The van der Waals surface area contributed by atoms with Gasteiger partial charge in [0.2, 0.25) is 12.6 Å². The van der Waals surface area contributed by atoms with Gasteiger partial charge in [0.05, 0.1) is 63.4 Å². The highest BCUT2D eigenvalue weighted by Gasteiger charge is 2.50. The van der Waals surface area contributed by atoms with Gasteiger partial charge in [-0.2, -0.15) is 0 Å². The number of rotatable bonds is 17. The van der Waals surface area contributed by atoms with E-state index >= 15 is 0 Å². The normalized spacial score (nSPS) is 39.8. The maximum atomic E-state index is 13.7. The highest BCUT2D eigenvalue weighted by Crippen LogP contribution is 2.44. The van der Waals surface area contributed by atoms with Crippen LogP contribution < -0.4 is 0 Å². The summed E-state index contributed by atoms with van der Waals surface area (Å²) in [5.74, 6) is -7.72. The number of aliphatic hydroxyl groups excluding tert-OH is 9. The number of carbonyl (C=O) groups is 4. The number of carboxylic acids is 1. The minimum atomic E-state index is -1.80. The molecule has 3 fully saturated rings.